The van der Waals surface area contributed by atoms with Crippen molar-refractivity contribution in [3.8, 4) is 5.75 Å². The molecule has 158 valence electrons. The fourth-order valence-electron chi connectivity index (χ4n) is 3.77. The second-order valence-corrected chi connectivity index (χ2v) is 7.65. The second-order valence-electron chi connectivity index (χ2n) is 7.24. The van der Waals surface area contributed by atoms with Crippen LogP contribution in [0.4, 0.5) is 17.1 Å². The summed E-state index contributed by atoms with van der Waals surface area (Å²) >= 11 is 5.26. The van der Waals surface area contributed by atoms with Crippen LogP contribution in [-0.2, 0) is 0 Å². The Kier molecular flexibility index (Phi) is 5.68. The van der Waals surface area contributed by atoms with Crippen LogP contribution in [0.2, 0.25) is 0 Å². The lowest BCUT2D eigenvalue weighted by atomic mass is 10.1. The molecule has 1 amide bonds. The number of amides is 1. The molecule has 3 aromatic carbocycles. The summed E-state index contributed by atoms with van der Waals surface area (Å²) in [4.78, 5) is 25.7. The highest BCUT2D eigenvalue weighted by atomic mass is 32.1. The van der Waals surface area contributed by atoms with Crippen molar-refractivity contribution < 1.29 is 14.8 Å². The largest absolute Gasteiger partial charge is 0.507 e. The first-order valence-corrected chi connectivity index (χ1v) is 10.2. The molecule has 3 N–H and O–H groups in total. The van der Waals surface area contributed by atoms with Gasteiger partial charge in [-0.1, -0.05) is 24.3 Å². The fourth-order valence-corrected chi connectivity index (χ4v) is 3.97. The Morgan fingerprint density at radius 3 is 2.52 bits per heavy atom. The van der Waals surface area contributed by atoms with Crippen LogP contribution in [-0.4, -0.2) is 34.1 Å². The van der Waals surface area contributed by atoms with Crippen molar-refractivity contribution in [1.29, 1.82) is 0 Å². The predicted molar refractivity (Wildman–Crippen MR) is 124 cm³/mol. The smallest absolute Gasteiger partial charge is 0.293 e. The molecule has 1 aliphatic heterocycles. The SMILES string of the molecule is O=C(NC(=S)Nc1cccc2c(O)cccc12)c1ccc(N2CCCC2)c([N+](=O)[O-])c1. The first-order valence-electron chi connectivity index (χ1n) is 9.80. The van der Waals surface area contributed by atoms with Gasteiger partial charge in [0.2, 0.25) is 0 Å². The number of nitrogens with one attached hydrogen (secondary N) is 2. The molecule has 0 atom stereocenters. The summed E-state index contributed by atoms with van der Waals surface area (Å²) in [5, 5.41) is 28.5. The topological polar surface area (TPSA) is 108 Å². The molecular weight excluding hydrogens is 416 g/mol. The van der Waals surface area contributed by atoms with Crippen LogP contribution >= 0.6 is 12.2 Å². The number of hydrogen-bond donors (Lipinski definition) is 3. The van der Waals surface area contributed by atoms with E-state index in [0.717, 1.165) is 31.3 Å². The van der Waals surface area contributed by atoms with Crippen molar-refractivity contribution in [2.75, 3.05) is 23.3 Å². The molecule has 0 radical (unpaired) electrons. The summed E-state index contributed by atoms with van der Waals surface area (Å²) in [6, 6.07) is 14.9. The minimum atomic E-state index is -0.545. The van der Waals surface area contributed by atoms with Crippen molar-refractivity contribution >= 4 is 51.1 Å². The van der Waals surface area contributed by atoms with E-state index >= 15 is 0 Å². The van der Waals surface area contributed by atoms with Crippen molar-refractivity contribution in [1.82, 2.24) is 5.32 Å². The Morgan fingerprint density at radius 1 is 1.06 bits per heavy atom. The first kappa shape index (κ1) is 20.5. The van der Waals surface area contributed by atoms with Crippen molar-refractivity contribution in [2.45, 2.75) is 12.8 Å². The summed E-state index contributed by atoms with van der Waals surface area (Å²) in [5.41, 5.74) is 1.19. The summed E-state index contributed by atoms with van der Waals surface area (Å²) in [6.07, 6.45) is 1.98. The molecule has 0 bridgehead atoms. The van der Waals surface area contributed by atoms with Gasteiger partial charge in [0.15, 0.2) is 5.11 Å². The minimum absolute atomic E-state index is 0.0483. The molecule has 9 heteroatoms. The third-order valence-electron chi connectivity index (χ3n) is 5.26. The minimum Gasteiger partial charge on any atom is -0.507 e. The molecule has 8 nitrogen and oxygen atoms in total. The normalized spacial score (nSPS) is 13.2. The quantitative estimate of drug-likeness (QED) is 0.320. The molecular formula is C22H20N4O4S. The van der Waals surface area contributed by atoms with Gasteiger partial charge in [0, 0.05) is 41.2 Å². The first-order chi connectivity index (χ1) is 14.9. The van der Waals surface area contributed by atoms with Gasteiger partial charge in [-0.15, -0.1) is 0 Å². The lowest BCUT2D eigenvalue weighted by Gasteiger charge is -2.18. The summed E-state index contributed by atoms with van der Waals surface area (Å²) in [5.74, 6) is -0.404. The molecule has 3 aromatic rings. The number of phenolic OH excluding ortho intramolecular Hbond substituents is 1. The number of anilines is 2. The molecule has 0 aliphatic carbocycles. The van der Waals surface area contributed by atoms with Gasteiger partial charge in [0.1, 0.15) is 11.4 Å². The van der Waals surface area contributed by atoms with E-state index in [9.17, 15) is 20.0 Å². The van der Waals surface area contributed by atoms with E-state index in [1.807, 2.05) is 11.0 Å². The van der Waals surface area contributed by atoms with Crippen LogP contribution < -0.4 is 15.5 Å². The number of nitro groups is 1. The number of rotatable bonds is 4. The fraction of sp³-hybridized carbons (Fsp3) is 0.182. The maximum Gasteiger partial charge on any atom is 0.293 e. The predicted octanol–water partition coefficient (Wildman–Crippen LogP) is 4.18. The Labute approximate surface area is 183 Å². The van der Waals surface area contributed by atoms with Crippen LogP contribution in [0.15, 0.2) is 54.6 Å². The van der Waals surface area contributed by atoms with E-state index in [4.69, 9.17) is 12.2 Å². The molecule has 0 aromatic heterocycles. The summed E-state index contributed by atoms with van der Waals surface area (Å²) < 4.78 is 0. The number of carbonyl (C=O) groups is 1. The van der Waals surface area contributed by atoms with Gasteiger partial charge in [-0.05, 0) is 49.3 Å². The molecule has 31 heavy (non-hydrogen) atoms. The number of aromatic hydroxyl groups is 1. The molecule has 1 fully saturated rings. The van der Waals surface area contributed by atoms with Gasteiger partial charge in [0.05, 0.1) is 4.92 Å². The third kappa shape index (κ3) is 4.26. The van der Waals surface area contributed by atoms with E-state index < -0.39 is 10.8 Å². The molecule has 0 saturated carbocycles. The van der Waals surface area contributed by atoms with Crippen LogP contribution in [0.5, 0.6) is 5.75 Å². The number of benzene rings is 3. The standard InChI is InChI=1S/C22H20N4O4S/c27-20-8-4-5-15-16(20)6-3-7-17(15)23-22(31)24-21(28)14-9-10-18(19(13-14)26(29)30)25-11-1-2-12-25/h3-10,13,27H,1-2,11-12H2,(H2,23,24,28,31). The van der Waals surface area contributed by atoms with E-state index in [1.165, 1.54) is 6.07 Å². The number of nitro benzene ring substituents is 1. The Bertz CT molecular complexity index is 1190. The third-order valence-corrected chi connectivity index (χ3v) is 5.46. The molecule has 1 heterocycles. The molecule has 4 rings (SSSR count). The van der Waals surface area contributed by atoms with E-state index in [1.54, 1.807) is 42.5 Å². The van der Waals surface area contributed by atoms with E-state index in [-0.39, 0.29) is 22.1 Å². The van der Waals surface area contributed by atoms with Crippen molar-refractivity contribution in [3.05, 3.63) is 70.3 Å². The van der Waals surface area contributed by atoms with Gasteiger partial charge in [-0.3, -0.25) is 20.2 Å². The zero-order chi connectivity index (χ0) is 22.0. The van der Waals surface area contributed by atoms with Gasteiger partial charge in [0.25, 0.3) is 11.6 Å². The van der Waals surface area contributed by atoms with Gasteiger partial charge >= 0.3 is 0 Å². The lowest BCUT2D eigenvalue weighted by Crippen LogP contribution is -2.34. The molecule has 0 unspecified atom stereocenters. The zero-order valence-electron chi connectivity index (χ0n) is 16.5. The Hall–Kier alpha value is -3.72. The molecule has 1 aliphatic rings. The summed E-state index contributed by atoms with van der Waals surface area (Å²) in [6.45, 7) is 1.53. The average Bonchev–Trinajstić information content (AvgIpc) is 3.28. The molecule has 1 saturated heterocycles. The van der Waals surface area contributed by atoms with Gasteiger partial charge in [-0.25, -0.2) is 0 Å². The van der Waals surface area contributed by atoms with Gasteiger partial charge < -0.3 is 15.3 Å². The van der Waals surface area contributed by atoms with E-state index in [2.05, 4.69) is 10.6 Å². The highest BCUT2D eigenvalue weighted by molar-refractivity contribution is 7.80. The van der Waals surface area contributed by atoms with Crippen LogP contribution in [0.25, 0.3) is 10.8 Å². The number of fused-ring (bicyclic) bond motifs is 1. The number of thiocarbonyl (C=S) groups is 1. The highest BCUT2D eigenvalue weighted by Crippen LogP contribution is 2.32. The monoisotopic (exact) mass is 436 g/mol. The maximum absolute atomic E-state index is 12.7. The van der Waals surface area contributed by atoms with Crippen molar-refractivity contribution in [2.24, 2.45) is 0 Å². The Morgan fingerprint density at radius 2 is 1.77 bits per heavy atom. The lowest BCUT2D eigenvalue weighted by molar-refractivity contribution is -0.384. The molecule has 0 spiro atoms. The maximum atomic E-state index is 12.7. The number of phenols is 1. The highest BCUT2D eigenvalue weighted by Gasteiger charge is 2.24. The van der Waals surface area contributed by atoms with E-state index in [0.29, 0.717) is 16.8 Å². The number of nitrogens with zero attached hydrogens (tertiary/aromatic N) is 2. The van der Waals surface area contributed by atoms with Crippen LogP contribution in [0.3, 0.4) is 0 Å². The number of carbonyl (C=O) groups excluding carboxylic acids is 1. The van der Waals surface area contributed by atoms with Gasteiger partial charge in [-0.2, -0.15) is 0 Å². The van der Waals surface area contributed by atoms with Crippen LogP contribution in [0.1, 0.15) is 23.2 Å². The number of hydrogen-bond acceptors (Lipinski definition) is 6. The van der Waals surface area contributed by atoms with Crippen molar-refractivity contribution in [3.63, 3.8) is 0 Å². The summed E-state index contributed by atoms with van der Waals surface area (Å²) in [7, 11) is 0. The Balaban J connectivity index is 1.52. The zero-order valence-corrected chi connectivity index (χ0v) is 17.3. The second kappa shape index (κ2) is 8.57. The van der Waals surface area contributed by atoms with Crippen LogP contribution in [0, 0.1) is 10.1 Å². The average molecular weight is 436 g/mol.